The van der Waals surface area contributed by atoms with Crippen LogP contribution < -0.4 is 5.32 Å². The molecule has 0 radical (unpaired) electrons. The summed E-state index contributed by atoms with van der Waals surface area (Å²) in [6, 6.07) is 0. The molecule has 0 aliphatic heterocycles. The number of aromatic nitrogens is 2. The Balaban J connectivity index is 2.99. The molecule has 1 rings (SSSR count). The number of nitrogens with one attached hydrogen (secondary N) is 1. The molecular weight excluding hydrogens is 232 g/mol. The summed E-state index contributed by atoms with van der Waals surface area (Å²) in [6.45, 7) is 4.30. The van der Waals surface area contributed by atoms with Crippen molar-refractivity contribution in [3.05, 3.63) is 21.1 Å². The molecule has 1 aromatic heterocycles. The predicted octanol–water partition coefficient (Wildman–Crippen LogP) is 2.56. The van der Waals surface area contributed by atoms with Gasteiger partial charge in [0.15, 0.2) is 0 Å². The summed E-state index contributed by atoms with van der Waals surface area (Å²) in [6.07, 6.45) is 1.91. The molecule has 0 amide bonds. The minimum absolute atomic E-state index is 0.128. The zero-order valence-corrected chi connectivity index (χ0v) is 9.91. The molecule has 0 aliphatic carbocycles. The summed E-state index contributed by atoms with van der Waals surface area (Å²) >= 11 is 5.71. The highest BCUT2D eigenvalue weighted by Crippen LogP contribution is 2.29. The SMILES string of the molecule is CCCCNc1nc(C)nc(Cl)c1[N+](=O)[O-]. The average molecular weight is 245 g/mol. The summed E-state index contributed by atoms with van der Waals surface area (Å²) in [4.78, 5) is 17.9. The number of hydrogen-bond acceptors (Lipinski definition) is 5. The minimum Gasteiger partial charge on any atom is -0.364 e. The summed E-state index contributed by atoms with van der Waals surface area (Å²) in [5.41, 5.74) is -0.261. The molecule has 16 heavy (non-hydrogen) atoms. The van der Waals surface area contributed by atoms with Gasteiger partial charge in [0, 0.05) is 6.54 Å². The summed E-state index contributed by atoms with van der Waals surface area (Å²) in [5, 5.41) is 13.6. The van der Waals surface area contributed by atoms with Gasteiger partial charge in [0.25, 0.3) is 0 Å². The van der Waals surface area contributed by atoms with Crippen LogP contribution in [0.15, 0.2) is 0 Å². The third-order valence-corrected chi connectivity index (χ3v) is 2.22. The van der Waals surface area contributed by atoms with Crippen LogP contribution >= 0.6 is 11.6 Å². The molecule has 0 aromatic carbocycles. The molecule has 1 aromatic rings. The van der Waals surface area contributed by atoms with E-state index in [1.54, 1.807) is 6.92 Å². The highest BCUT2D eigenvalue weighted by molar-refractivity contribution is 6.31. The molecule has 0 saturated heterocycles. The Kier molecular flexibility index (Phi) is 4.42. The largest absolute Gasteiger partial charge is 0.364 e. The van der Waals surface area contributed by atoms with Gasteiger partial charge in [-0.25, -0.2) is 9.97 Å². The Labute approximate surface area is 98.2 Å². The number of halogens is 1. The highest BCUT2D eigenvalue weighted by atomic mass is 35.5. The Bertz CT molecular complexity index is 397. The summed E-state index contributed by atoms with van der Waals surface area (Å²) < 4.78 is 0. The van der Waals surface area contributed by atoms with Crippen LogP contribution in [-0.4, -0.2) is 21.4 Å². The molecule has 1 heterocycles. The third kappa shape index (κ3) is 3.03. The van der Waals surface area contributed by atoms with Crippen molar-refractivity contribution >= 4 is 23.1 Å². The normalized spacial score (nSPS) is 10.2. The van der Waals surface area contributed by atoms with Crippen molar-refractivity contribution in [2.45, 2.75) is 26.7 Å². The van der Waals surface area contributed by atoms with Crippen LogP contribution in [0.1, 0.15) is 25.6 Å². The fourth-order valence-corrected chi connectivity index (χ4v) is 1.48. The van der Waals surface area contributed by atoms with E-state index in [9.17, 15) is 10.1 Å². The minimum atomic E-state index is -0.573. The molecule has 1 N–H and O–H groups in total. The number of aryl methyl sites for hydroxylation is 1. The van der Waals surface area contributed by atoms with E-state index in [1.807, 2.05) is 6.92 Å². The molecule has 7 heteroatoms. The van der Waals surface area contributed by atoms with Crippen molar-refractivity contribution < 1.29 is 4.92 Å². The lowest BCUT2D eigenvalue weighted by atomic mass is 10.3. The lowest BCUT2D eigenvalue weighted by Gasteiger charge is -2.06. The lowest BCUT2D eigenvalue weighted by molar-refractivity contribution is -0.384. The molecule has 0 saturated carbocycles. The fraction of sp³-hybridized carbons (Fsp3) is 0.556. The molecule has 0 fully saturated rings. The second-order valence-electron chi connectivity index (χ2n) is 3.30. The van der Waals surface area contributed by atoms with Crippen LogP contribution in [-0.2, 0) is 0 Å². The van der Waals surface area contributed by atoms with Crippen LogP contribution in [0.25, 0.3) is 0 Å². The Morgan fingerprint density at radius 2 is 2.19 bits per heavy atom. The summed E-state index contributed by atoms with van der Waals surface area (Å²) in [7, 11) is 0. The van der Waals surface area contributed by atoms with E-state index in [-0.39, 0.29) is 16.7 Å². The second-order valence-corrected chi connectivity index (χ2v) is 3.65. The first kappa shape index (κ1) is 12.6. The van der Waals surface area contributed by atoms with Gasteiger partial charge in [0.2, 0.25) is 11.0 Å². The Hall–Kier alpha value is -1.43. The van der Waals surface area contributed by atoms with Gasteiger partial charge in [-0.2, -0.15) is 0 Å². The van der Waals surface area contributed by atoms with E-state index in [4.69, 9.17) is 11.6 Å². The van der Waals surface area contributed by atoms with Crippen molar-refractivity contribution in [3.63, 3.8) is 0 Å². The maximum atomic E-state index is 10.8. The number of nitro groups is 1. The average Bonchev–Trinajstić information content (AvgIpc) is 2.16. The maximum absolute atomic E-state index is 10.8. The molecule has 0 bridgehead atoms. The first-order valence-electron chi connectivity index (χ1n) is 4.98. The van der Waals surface area contributed by atoms with Crippen LogP contribution in [0.3, 0.4) is 0 Å². The molecule has 0 unspecified atom stereocenters. The molecule has 0 aliphatic rings. The highest BCUT2D eigenvalue weighted by Gasteiger charge is 2.22. The molecule has 88 valence electrons. The predicted molar refractivity (Wildman–Crippen MR) is 61.8 cm³/mol. The van der Waals surface area contributed by atoms with Gasteiger partial charge in [0.1, 0.15) is 5.82 Å². The molecule has 6 nitrogen and oxygen atoms in total. The van der Waals surface area contributed by atoms with Crippen LogP contribution in [0.5, 0.6) is 0 Å². The smallest absolute Gasteiger partial charge is 0.348 e. The Morgan fingerprint density at radius 3 is 2.75 bits per heavy atom. The monoisotopic (exact) mass is 244 g/mol. The van der Waals surface area contributed by atoms with Crippen molar-refractivity contribution in [3.8, 4) is 0 Å². The number of unbranched alkanes of at least 4 members (excludes halogenated alkanes) is 1. The van der Waals surface area contributed by atoms with Gasteiger partial charge in [-0.3, -0.25) is 10.1 Å². The van der Waals surface area contributed by atoms with Crippen LogP contribution in [0.4, 0.5) is 11.5 Å². The number of rotatable bonds is 5. The Morgan fingerprint density at radius 1 is 1.50 bits per heavy atom. The number of hydrogen-bond donors (Lipinski definition) is 1. The third-order valence-electron chi connectivity index (χ3n) is 1.96. The van der Waals surface area contributed by atoms with Crippen molar-refractivity contribution in [2.24, 2.45) is 0 Å². The molecule has 0 atom stereocenters. The van der Waals surface area contributed by atoms with E-state index in [2.05, 4.69) is 15.3 Å². The van der Waals surface area contributed by atoms with Gasteiger partial charge in [-0.1, -0.05) is 24.9 Å². The van der Waals surface area contributed by atoms with E-state index in [0.29, 0.717) is 12.4 Å². The second kappa shape index (κ2) is 5.60. The maximum Gasteiger partial charge on any atom is 0.348 e. The van der Waals surface area contributed by atoms with Gasteiger partial charge in [-0.15, -0.1) is 0 Å². The van der Waals surface area contributed by atoms with Crippen LogP contribution in [0.2, 0.25) is 5.15 Å². The van der Waals surface area contributed by atoms with Gasteiger partial charge in [0.05, 0.1) is 4.92 Å². The van der Waals surface area contributed by atoms with E-state index >= 15 is 0 Å². The zero-order valence-electron chi connectivity index (χ0n) is 9.16. The number of anilines is 1. The molecular formula is C9H13ClN4O2. The lowest BCUT2D eigenvalue weighted by Crippen LogP contribution is -2.08. The standard InChI is InChI=1S/C9H13ClN4O2/c1-3-4-5-11-9-7(14(15)16)8(10)12-6(2)13-9/h3-5H2,1-2H3,(H,11,12,13). The van der Waals surface area contributed by atoms with Gasteiger partial charge in [-0.05, 0) is 13.3 Å². The van der Waals surface area contributed by atoms with Crippen molar-refractivity contribution in [1.82, 2.24) is 9.97 Å². The fourth-order valence-electron chi connectivity index (χ4n) is 1.20. The van der Waals surface area contributed by atoms with E-state index < -0.39 is 4.92 Å². The van der Waals surface area contributed by atoms with E-state index in [0.717, 1.165) is 12.8 Å². The van der Waals surface area contributed by atoms with Crippen molar-refractivity contribution in [2.75, 3.05) is 11.9 Å². The first-order valence-corrected chi connectivity index (χ1v) is 5.36. The van der Waals surface area contributed by atoms with Crippen molar-refractivity contribution in [1.29, 1.82) is 0 Å². The number of nitrogens with zero attached hydrogens (tertiary/aromatic N) is 3. The first-order chi connectivity index (χ1) is 7.56. The zero-order chi connectivity index (χ0) is 12.1. The summed E-state index contributed by atoms with van der Waals surface area (Å²) in [5.74, 6) is 0.602. The van der Waals surface area contributed by atoms with Gasteiger partial charge >= 0.3 is 5.69 Å². The quantitative estimate of drug-likeness (QED) is 0.373. The van der Waals surface area contributed by atoms with E-state index in [1.165, 1.54) is 0 Å². The van der Waals surface area contributed by atoms with Gasteiger partial charge < -0.3 is 5.32 Å². The topological polar surface area (TPSA) is 81.0 Å². The molecule has 0 spiro atoms. The van der Waals surface area contributed by atoms with Crippen LogP contribution in [0, 0.1) is 17.0 Å².